The van der Waals surface area contributed by atoms with E-state index in [-0.39, 0.29) is 0 Å². The summed E-state index contributed by atoms with van der Waals surface area (Å²) in [5.74, 6) is 0.963. The van der Waals surface area contributed by atoms with Gasteiger partial charge in [0.25, 0.3) is 0 Å². The number of rotatable bonds is 9. The summed E-state index contributed by atoms with van der Waals surface area (Å²) in [6.07, 6.45) is 4.95. The molecule has 0 radical (unpaired) electrons. The molecule has 3 aromatic rings. The molecule has 0 aliphatic rings. The Kier molecular flexibility index (Phi) is 6.33. The fraction of sp³-hybridized carbons (Fsp3) is 0.304. The Hall–Kier alpha value is -2.48. The number of benzene rings is 3. The van der Waals surface area contributed by atoms with Crippen molar-refractivity contribution in [2.45, 2.75) is 39.2 Å². The highest BCUT2D eigenvalue weighted by Gasteiger charge is 2.01. The smallest absolute Gasteiger partial charge is 0.119 e. The summed E-state index contributed by atoms with van der Waals surface area (Å²) in [7, 11) is 0. The van der Waals surface area contributed by atoms with E-state index in [4.69, 9.17) is 4.74 Å². The molecule has 0 heterocycles. The van der Waals surface area contributed by atoms with E-state index in [9.17, 15) is 0 Å². The van der Waals surface area contributed by atoms with Gasteiger partial charge in [-0.3, -0.25) is 0 Å². The van der Waals surface area contributed by atoms with Gasteiger partial charge in [-0.25, -0.2) is 0 Å². The van der Waals surface area contributed by atoms with E-state index in [1.807, 2.05) is 0 Å². The Morgan fingerprint density at radius 3 is 2.44 bits per heavy atom. The number of unbranched alkanes of at least 4 members (excludes halogenated alkanes) is 3. The minimum atomic E-state index is 0.810. The van der Waals surface area contributed by atoms with Gasteiger partial charge in [-0.2, -0.15) is 0 Å². The van der Waals surface area contributed by atoms with Crippen LogP contribution in [0.1, 0.15) is 38.2 Å². The maximum atomic E-state index is 5.81. The highest BCUT2D eigenvalue weighted by atomic mass is 16.5. The molecular weight excluding hydrogens is 306 g/mol. The van der Waals surface area contributed by atoms with Crippen LogP contribution in [-0.2, 0) is 6.54 Å². The van der Waals surface area contributed by atoms with Crippen LogP contribution in [0.2, 0.25) is 0 Å². The molecule has 3 rings (SSSR count). The van der Waals surface area contributed by atoms with Crippen molar-refractivity contribution in [1.29, 1.82) is 0 Å². The predicted molar refractivity (Wildman–Crippen MR) is 107 cm³/mol. The standard InChI is InChI=1S/C23H27NO/c1-2-3-4-7-17-25-21-15-13-19(14-16-21)18-24-23-12-8-10-20-9-5-6-11-22(20)23/h5-6,8-16,24H,2-4,7,17-18H2,1H3. The Morgan fingerprint density at radius 1 is 0.800 bits per heavy atom. The summed E-state index contributed by atoms with van der Waals surface area (Å²) in [6, 6.07) is 23.3. The summed E-state index contributed by atoms with van der Waals surface area (Å²) in [6.45, 7) is 3.85. The van der Waals surface area contributed by atoms with E-state index in [1.54, 1.807) is 0 Å². The molecule has 0 saturated heterocycles. The number of nitrogens with one attached hydrogen (secondary N) is 1. The highest BCUT2D eigenvalue weighted by molar-refractivity contribution is 5.93. The summed E-state index contributed by atoms with van der Waals surface area (Å²) in [5, 5.41) is 6.07. The molecule has 0 bridgehead atoms. The zero-order chi connectivity index (χ0) is 17.3. The average molecular weight is 333 g/mol. The number of ether oxygens (including phenoxy) is 1. The van der Waals surface area contributed by atoms with Crippen molar-refractivity contribution in [3.63, 3.8) is 0 Å². The zero-order valence-electron chi connectivity index (χ0n) is 15.0. The molecule has 0 unspecified atom stereocenters. The summed E-state index contributed by atoms with van der Waals surface area (Å²) >= 11 is 0. The van der Waals surface area contributed by atoms with Gasteiger partial charge in [-0.05, 0) is 35.6 Å². The molecule has 2 heteroatoms. The van der Waals surface area contributed by atoms with Crippen molar-refractivity contribution in [1.82, 2.24) is 0 Å². The summed E-state index contributed by atoms with van der Waals surface area (Å²) in [4.78, 5) is 0. The largest absolute Gasteiger partial charge is 0.494 e. The molecule has 3 aromatic carbocycles. The molecule has 130 valence electrons. The van der Waals surface area contributed by atoms with Crippen molar-refractivity contribution in [2.75, 3.05) is 11.9 Å². The molecule has 0 saturated carbocycles. The van der Waals surface area contributed by atoms with E-state index < -0.39 is 0 Å². The van der Waals surface area contributed by atoms with Gasteiger partial charge < -0.3 is 10.1 Å². The molecule has 25 heavy (non-hydrogen) atoms. The third-order valence-corrected chi connectivity index (χ3v) is 4.46. The molecule has 1 N–H and O–H groups in total. The van der Waals surface area contributed by atoms with Crippen LogP contribution in [0.3, 0.4) is 0 Å². The minimum Gasteiger partial charge on any atom is -0.494 e. The van der Waals surface area contributed by atoms with Gasteiger partial charge in [0.1, 0.15) is 5.75 Å². The van der Waals surface area contributed by atoms with Crippen molar-refractivity contribution >= 4 is 16.5 Å². The molecule has 0 amide bonds. The third-order valence-electron chi connectivity index (χ3n) is 4.46. The van der Waals surface area contributed by atoms with Crippen molar-refractivity contribution in [3.05, 3.63) is 72.3 Å². The normalized spacial score (nSPS) is 10.8. The van der Waals surface area contributed by atoms with Gasteiger partial charge in [0.2, 0.25) is 0 Å². The molecular formula is C23H27NO. The van der Waals surface area contributed by atoms with Crippen molar-refractivity contribution < 1.29 is 4.74 Å². The van der Waals surface area contributed by atoms with Crippen molar-refractivity contribution in [2.24, 2.45) is 0 Å². The number of hydrogen-bond acceptors (Lipinski definition) is 2. The molecule has 0 fully saturated rings. The van der Waals surface area contributed by atoms with Gasteiger partial charge in [-0.1, -0.05) is 74.7 Å². The van der Waals surface area contributed by atoms with Gasteiger partial charge in [0, 0.05) is 17.6 Å². The van der Waals surface area contributed by atoms with E-state index in [2.05, 4.69) is 79.0 Å². The van der Waals surface area contributed by atoms with Gasteiger partial charge in [0.05, 0.1) is 6.61 Å². The zero-order valence-corrected chi connectivity index (χ0v) is 15.0. The molecule has 2 nitrogen and oxygen atoms in total. The minimum absolute atomic E-state index is 0.810. The van der Waals surface area contributed by atoms with Crippen LogP contribution >= 0.6 is 0 Å². The van der Waals surface area contributed by atoms with Crippen molar-refractivity contribution in [3.8, 4) is 5.75 Å². The lowest BCUT2D eigenvalue weighted by Gasteiger charge is -2.11. The SMILES string of the molecule is CCCCCCOc1ccc(CNc2cccc3ccccc23)cc1. The fourth-order valence-electron chi connectivity index (χ4n) is 3.00. The molecule has 0 spiro atoms. The fourth-order valence-corrected chi connectivity index (χ4v) is 3.00. The Balaban J connectivity index is 1.53. The monoisotopic (exact) mass is 333 g/mol. The van der Waals surface area contributed by atoms with E-state index >= 15 is 0 Å². The maximum absolute atomic E-state index is 5.81. The average Bonchev–Trinajstić information content (AvgIpc) is 2.67. The van der Waals surface area contributed by atoms with Gasteiger partial charge in [0.15, 0.2) is 0 Å². The van der Waals surface area contributed by atoms with Crippen LogP contribution in [0.4, 0.5) is 5.69 Å². The molecule has 0 aliphatic carbocycles. The van der Waals surface area contributed by atoms with Crippen LogP contribution in [0, 0.1) is 0 Å². The van der Waals surface area contributed by atoms with Crippen LogP contribution in [0.15, 0.2) is 66.7 Å². The van der Waals surface area contributed by atoms with Crippen LogP contribution in [0.5, 0.6) is 5.75 Å². The second-order valence-electron chi connectivity index (χ2n) is 6.43. The first-order chi connectivity index (χ1) is 12.4. The molecule has 0 aromatic heterocycles. The Bertz CT molecular complexity index is 774. The second kappa shape index (κ2) is 9.12. The summed E-state index contributed by atoms with van der Waals surface area (Å²) < 4.78 is 5.81. The third kappa shape index (κ3) is 4.99. The van der Waals surface area contributed by atoms with E-state index in [0.29, 0.717) is 0 Å². The second-order valence-corrected chi connectivity index (χ2v) is 6.43. The quantitative estimate of drug-likeness (QED) is 0.457. The lowest BCUT2D eigenvalue weighted by Crippen LogP contribution is -2.01. The first-order valence-electron chi connectivity index (χ1n) is 9.30. The van der Waals surface area contributed by atoms with E-state index in [1.165, 1.54) is 41.3 Å². The van der Waals surface area contributed by atoms with Gasteiger partial charge in [-0.15, -0.1) is 0 Å². The Labute approximate surface area is 150 Å². The number of hydrogen-bond donors (Lipinski definition) is 1. The molecule has 0 aliphatic heterocycles. The van der Waals surface area contributed by atoms with Crippen LogP contribution < -0.4 is 10.1 Å². The van der Waals surface area contributed by atoms with Crippen LogP contribution in [-0.4, -0.2) is 6.61 Å². The lowest BCUT2D eigenvalue weighted by molar-refractivity contribution is 0.305. The van der Waals surface area contributed by atoms with E-state index in [0.717, 1.165) is 25.3 Å². The first kappa shape index (κ1) is 17.3. The Morgan fingerprint density at radius 2 is 1.60 bits per heavy atom. The maximum Gasteiger partial charge on any atom is 0.119 e. The highest BCUT2D eigenvalue weighted by Crippen LogP contribution is 2.23. The number of fused-ring (bicyclic) bond motifs is 1. The number of anilines is 1. The lowest BCUT2D eigenvalue weighted by atomic mass is 10.1. The summed E-state index contributed by atoms with van der Waals surface area (Å²) in [5.41, 5.74) is 2.43. The topological polar surface area (TPSA) is 21.3 Å². The van der Waals surface area contributed by atoms with Gasteiger partial charge >= 0.3 is 0 Å². The van der Waals surface area contributed by atoms with Crippen LogP contribution in [0.25, 0.3) is 10.8 Å². The predicted octanol–water partition coefficient (Wildman–Crippen LogP) is 6.41. The first-order valence-corrected chi connectivity index (χ1v) is 9.30. The molecule has 0 atom stereocenters.